The fourth-order valence-corrected chi connectivity index (χ4v) is 4.48. The maximum Gasteiger partial charge on any atom is 0.433 e. The smallest absolute Gasteiger partial charge is 0.346 e. The number of pyridine rings is 1. The monoisotopic (exact) mass is 549 g/mol. The molecular formula is C26H24F5N5O3. The second kappa shape index (κ2) is 11.3. The molecule has 0 spiro atoms. The van der Waals surface area contributed by atoms with Crippen molar-refractivity contribution in [2.24, 2.45) is 0 Å². The number of aromatic amines is 1. The number of nitrogens with zero attached hydrogens (tertiary/aromatic N) is 3. The second-order valence-corrected chi connectivity index (χ2v) is 9.14. The zero-order chi connectivity index (χ0) is 28.3. The van der Waals surface area contributed by atoms with Crippen LogP contribution >= 0.6 is 0 Å². The third-order valence-electron chi connectivity index (χ3n) is 6.44. The van der Waals surface area contributed by atoms with E-state index in [2.05, 4.69) is 20.3 Å². The van der Waals surface area contributed by atoms with Gasteiger partial charge in [-0.15, -0.1) is 0 Å². The zero-order valence-corrected chi connectivity index (χ0v) is 20.7. The van der Waals surface area contributed by atoms with E-state index in [1.807, 2.05) is 0 Å². The molecule has 1 fully saturated rings. The molecule has 39 heavy (non-hydrogen) atoms. The predicted octanol–water partition coefficient (Wildman–Crippen LogP) is 3.65. The normalized spacial score (nSPS) is 14.4. The average Bonchev–Trinajstić information content (AvgIpc) is 2.88. The molecule has 3 heterocycles. The third kappa shape index (κ3) is 6.47. The maximum absolute atomic E-state index is 14.0. The van der Waals surface area contributed by atoms with Gasteiger partial charge in [0.15, 0.2) is 0 Å². The summed E-state index contributed by atoms with van der Waals surface area (Å²) in [4.78, 5) is 50.2. The number of alkyl halides is 3. The summed E-state index contributed by atoms with van der Waals surface area (Å²) in [6, 6.07) is 6.65. The fourth-order valence-electron chi connectivity index (χ4n) is 4.48. The average molecular weight is 550 g/mol. The highest BCUT2D eigenvalue weighted by Gasteiger charge is 2.33. The standard InChI is InChI=1S/C26H24F5N5O3/c1-14-33-23(15-8-10-36(11-9-15)21(37)12-17-18(27)5-3-6-19(17)28)22(25(39)34-14)24(38)32-13-16-4-2-7-20(35-16)26(29,30)31/h2-7,15H,8-13H2,1H3,(H,32,38)(H,33,34,39). The quantitative estimate of drug-likeness (QED) is 0.457. The van der Waals surface area contributed by atoms with Gasteiger partial charge in [0.1, 0.15) is 28.7 Å². The van der Waals surface area contributed by atoms with Gasteiger partial charge in [0.2, 0.25) is 5.91 Å². The second-order valence-electron chi connectivity index (χ2n) is 9.14. The van der Waals surface area contributed by atoms with Crippen molar-refractivity contribution in [3.8, 4) is 0 Å². The summed E-state index contributed by atoms with van der Waals surface area (Å²) in [6.07, 6.45) is -4.43. The number of H-pyrrole nitrogens is 1. The Morgan fingerprint density at radius 1 is 1.05 bits per heavy atom. The maximum atomic E-state index is 14.0. The van der Waals surface area contributed by atoms with E-state index in [-0.39, 0.29) is 53.9 Å². The summed E-state index contributed by atoms with van der Waals surface area (Å²) in [6.45, 7) is 1.61. The van der Waals surface area contributed by atoms with Crippen molar-refractivity contribution in [1.29, 1.82) is 0 Å². The van der Waals surface area contributed by atoms with Crippen LogP contribution in [0.1, 0.15) is 57.6 Å². The summed E-state index contributed by atoms with van der Waals surface area (Å²) < 4.78 is 66.7. The minimum Gasteiger partial charge on any atom is -0.346 e. The van der Waals surface area contributed by atoms with Crippen LogP contribution in [0.4, 0.5) is 22.0 Å². The highest BCUT2D eigenvalue weighted by Crippen LogP contribution is 2.29. The van der Waals surface area contributed by atoms with Crippen molar-refractivity contribution in [2.45, 2.75) is 44.8 Å². The fraction of sp³-hybridized carbons (Fsp3) is 0.346. The number of hydrogen-bond acceptors (Lipinski definition) is 5. The lowest BCUT2D eigenvalue weighted by atomic mass is 9.90. The van der Waals surface area contributed by atoms with Gasteiger partial charge in [-0.1, -0.05) is 12.1 Å². The minimum atomic E-state index is -4.65. The minimum absolute atomic E-state index is 0.0469. The van der Waals surface area contributed by atoms with Gasteiger partial charge in [-0.05, 0) is 44.0 Å². The molecule has 8 nitrogen and oxygen atoms in total. The molecule has 2 amide bonds. The summed E-state index contributed by atoms with van der Waals surface area (Å²) in [5.74, 6) is -3.02. The van der Waals surface area contributed by atoms with Gasteiger partial charge in [0, 0.05) is 24.6 Å². The van der Waals surface area contributed by atoms with Gasteiger partial charge in [0.25, 0.3) is 11.5 Å². The largest absolute Gasteiger partial charge is 0.433 e. The summed E-state index contributed by atoms with van der Waals surface area (Å²) >= 11 is 0. The van der Waals surface area contributed by atoms with Crippen LogP contribution in [0.3, 0.4) is 0 Å². The Hall–Kier alpha value is -4.16. The third-order valence-corrected chi connectivity index (χ3v) is 6.44. The first-order chi connectivity index (χ1) is 18.4. The number of halogens is 5. The topological polar surface area (TPSA) is 108 Å². The summed E-state index contributed by atoms with van der Waals surface area (Å²) in [5.41, 5.74) is -2.24. The van der Waals surface area contributed by atoms with Crippen LogP contribution in [0.15, 0.2) is 41.2 Å². The van der Waals surface area contributed by atoms with Crippen LogP contribution in [-0.2, 0) is 23.9 Å². The SMILES string of the molecule is Cc1nc(C2CCN(C(=O)Cc3c(F)cccc3F)CC2)c(C(=O)NCc2cccc(C(F)(F)F)n2)c(=O)[nH]1. The number of nitrogens with one attached hydrogen (secondary N) is 2. The van der Waals surface area contributed by atoms with E-state index in [1.165, 1.54) is 23.1 Å². The number of aryl methyl sites for hydroxylation is 1. The number of rotatable bonds is 6. The highest BCUT2D eigenvalue weighted by atomic mass is 19.4. The Labute approximate surface area is 219 Å². The molecule has 13 heteroatoms. The van der Waals surface area contributed by atoms with Crippen molar-refractivity contribution in [3.05, 3.63) is 92.4 Å². The number of amides is 2. The Balaban J connectivity index is 1.46. The van der Waals surface area contributed by atoms with Crippen LogP contribution in [-0.4, -0.2) is 44.8 Å². The number of piperidine rings is 1. The molecule has 1 saturated heterocycles. The van der Waals surface area contributed by atoms with Crippen molar-refractivity contribution >= 4 is 11.8 Å². The zero-order valence-electron chi connectivity index (χ0n) is 20.7. The van der Waals surface area contributed by atoms with E-state index in [4.69, 9.17) is 0 Å². The van der Waals surface area contributed by atoms with Gasteiger partial charge in [-0.3, -0.25) is 14.4 Å². The first-order valence-corrected chi connectivity index (χ1v) is 12.1. The van der Waals surface area contributed by atoms with E-state index >= 15 is 0 Å². The number of aromatic nitrogens is 3. The molecule has 1 aliphatic rings. The summed E-state index contributed by atoms with van der Waals surface area (Å²) in [5, 5.41) is 2.43. The van der Waals surface area contributed by atoms with Crippen LogP contribution in [0.2, 0.25) is 0 Å². The van der Waals surface area contributed by atoms with E-state index in [0.29, 0.717) is 12.8 Å². The lowest BCUT2D eigenvalue weighted by Gasteiger charge is -2.32. The lowest BCUT2D eigenvalue weighted by Crippen LogP contribution is -2.40. The van der Waals surface area contributed by atoms with Crippen molar-refractivity contribution in [1.82, 2.24) is 25.2 Å². The number of likely N-dealkylation sites (tertiary alicyclic amines) is 1. The lowest BCUT2D eigenvalue weighted by molar-refractivity contribution is -0.141. The Morgan fingerprint density at radius 3 is 2.33 bits per heavy atom. The van der Waals surface area contributed by atoms with Gasteiger partial charge in [0.05, 0.1) is 24.4 Å². The van der Waals surface area contributed by atoms with Crippen LogP contribution in [0.25, 0.3) is 0 Å². The van der Waals surface area contributed by atoms with E-state index in [1.54, 1.807) is 6.92 Å². The highest BCUT2D eigenvalue weighted by molar-refractivity contribution is 5.95. The van der Waals surface area contributed by atoms with Crippen molar-refractivity contribution in [3.63, 3.8) is 0 Å². The van der Waals surface area contributed by atoms with E-state index in [0.717, 1.165) is 18.2 Å². The molecule has 2 aromatic heterocycles. The molecule has 0 unspecified atom stereocenters. The van der Waals surface area contributed by atoms with Crippen LogP contribution < -0.4 is 10.9 Å². The molecule has 3 aromatic rings. The molecule has 1 aliphatic heterocycles. The first-order valence-electron chi connectivity index (χ1n) is 12.1. The summed E-state index contributed by atoms with van der Waals surface area (Å²) in [7, 11) is 0. The molecule has 0 atom stereocenters. The molecule has 0 saturated carbocycles. The molecular weight excluding hydrogens is 525 g/mol. The number of carbonyl (C=O) groups excluding carboxylic acids is 2. The van der Waals surface area contributed by atoms with E-state index in [9.17, 15) is 36.3 Å². The molecule has 2 N–H and O–H groups in total. The van der Waals surface area contributed by atoms with Gasteiger partial charge in [-0.25, -0.2) is 18.7 Å². The van der Waals surface area contributed by atoms with Crippen molar-refractivity contribution < 1.29 is 31.5 Å². The molecule has 0 bridgehead atoms. The number of carbonyl (C=O) groups is 2. The molecule has 4 rings (SSSR count). The Morgan fingerprint density at radius 2 is 1.69 bits per heavy atom. The number of hydrogen-bond donors (Lipinski definition) is 2. The van der Waals surface area contributed by atoms with Crippen LogP contribution in [0.5, 0.6) is 0 Å². The van der Waals surface area contributed by atoms with Crippen LogP contribution in [0, 0.1) is 18.6 Å². The Bertz CT molecular complexity index is 1430. The predicted molar refractivity (Wildman–Crippen MR) is 129 cm³/mol. The molecule has 0 radical (unpaired) electrons. The first kappa shape index (κ1) is 27.9. The molecule has 0 aliphatic carbocycles. The Kier molecular flexibility index (Phi) is 8.07. The molecule has 206 valence electrons. The van der Waals surface area contributed by atoms with Gasteiger partial charge in [-0.2, -0.15) is 13.2 Å². The van der Waals surface area contributed by atoms with Gasteiger partial charge < -0.3 is 15.2 Å². The van der Waals surface area contributed by atoms with Gasteiger partial charge >= 0.3 is 6.18 Å². The number of benzene rings is 1. The van der Waals surface area contributed by atoms with Crippen molar-refractivity contribution in [2.75, 3.05) is 13.1 Å². The molecule has 1 aromatic carbocycles. The van der Waals surface area contributed by atoms with E-state index < -0.39 is 47.3 Å².